The molecule has 94 valence electrons. The Kier molecular flexibility index (Phi) is 4.39. The number of phenols is 1. The molecule has 0 aliphatic carbocycles. The number of hydrogen-bond donors (Lipinski definition) is 2. The molecule has 0 aromatic heterocycles. The number of halogens is 1. The molecule has 0 heterocycles. The van der Waals surface area contributed by atoms with Crippen molar-refractivity contribution in [3.05, 3.63) is 64.1 Å². The third-order valence-corrected chi connectivity index (χ3v) is 3.24. The summed E-state index contributed by atoms with van der Waals surface area (Å²) in [4.78, 5) is 0. The van der Waals surface area contributed by atoms with Crippen molar-refractivity contribution in [3.8, 4) is 5.75 Å². The minimum Gasteiger partial charge on any atom is -0.508 e. The van der Waals surface area contributed by atoms with Crippen LogP contribution in [0, 0.1) is 0 Å². The van der Waals surface area contributed by atoms with Crippen molar-refractivity contribution in [2.45, 2.75) is 18.9 Å². The van der Waals surface area contributed by atoms with Gasteiger partial charge in [0.15, 0.2) is 0 Å². The lowest BCUT2D eigenvalue weighted by Crippen LogP contribution is -2.13. The highest BCUT2D eigenvalue weighted by Gasteiger charge is 2.07. The van der Waals surface area contributed by atoms with Gasteiger partial charge in [0.2, 0.25) is 0 Å². The fraction of sp³-hybridized carbons (Fsp3) is 0.200. The second kappa shape index (κ2) is 6.03. The molecule has 0 amide bonds. The monoisotopic (exact) mass is 306 g/mol. The van der Waals surface area contributed by atoms with E-state index in [1.54, 1.807) is 18.2 Å². The summed E-state index contributed by atoms with van der Waals surface area (Å²) in [5.74, 6) is 0.238. The lowest BCUT2D eigenvalue weighted by molar-refractivity contribution is 0.175. The minimum atomic E-state index is -0.443. The fourth-order valence-electron chi connectivity index (χ4n) is 1.96. The van der Waals surface area contributed by atoms with E-state index in [-0.39, 0.29) is 5.75 Å². The number of phenolic OH excluding ortho intramolecular Hbond substituents is 1. The number of aliphatic hydroxyl groups is 1. The van der Waals surface area contributed by atoms with Crippen LogP contribution in [0.5, 0.6) is 5.75 Å². The SMILES string of the molecule is Oc1cccc(CC(O)Cc2cccc(Br)c2)c1. The Balaban J connectivity index is 1.98. The maximum Gasteiger partial charge on any atom is 0.115 e. The van der Waals surface area contributed by atoms with Crippen LogP contribution in [0.3, 0.4) is 0 Å². The second-order valence-corrected chi connectivity index (χ2v) is 5.28. The Bertz CT molecular complexity index is 478. The molecule has 3 heteroatoms. The lowest BCUT2D eigenvalue weighted by atomic mass is 10.0. The molecule has 2 rings (SSSR count). The maximum atomic E-state index is 10.0. The summed E-state index contributed by atoms with van der Waals surface area (Å²) in [7, 11) is 0. The van der Waals surface area contributed by atoms with Gasteiger partial charge in [-0.2, -0.15) is 0 Å². The molecule has 0 radical (unpaired) electrons. The van der Waals surface area contributed by atoms with Gasteiger partial charge in [0, 0.05) is 4.47 Å². The standard InChI is InChI=1S/C15H15BrO2/c16-13-5-1-3-11(7-13)9-15(18)10-12-4-2-6-14(17)8-12/h1-8,15,17-18H,9-10H2. The van der Waals surface area contributed by atoms with Crippen LogP contribution in [0.15, 0.2) is 53.0 Å². The molecular formula is C15H15BrO2. The first kappa shape index (κ1) is 13.1. The van der Waals surface area contributed by atoms with Crippen LogP contribution in [-0.4, -0.2) is 16.3 Å². The van der Waals surface area contributed by atoms with Gasteiger partial charge in [-0.15, -0.1) is 0 Å². The zero-order chi connectivity index (χ0) is 13.0. The minimum absolute atomic E-state index is 0.238. The highest BCUT2D eigenvalue weighted by Crippen LogP contribution is 2.16. The van der Waals surface area contributed by atoms with Crippen molar-refractivity contribution in [1.29, 1.82) is 0 Å². The molecule has 1 atom stereocenters. The first-order valence-corrected chi connectivity index (χ1v) is 6.63. The normalized spacial score (nSPS) is 12.3. The average Bonchev–Trinajstić information content (AvgIpc) is 2.28. The van der Waals surface area contributed by atoms with Crippen molar-refractivity contribution in [2.24, 2.45) is 0 Å². The molecule has 0 aliphatic rings. The summed E-state index contributed by atoms with van der Waals surface area (Å²) < 4.78 is 1.02. The Morgan fingerprint density at radius 1 is 0.944 bits per heavy atom. The van der Waals surface area contributed by atoms with E-state index >= 15 is 0 Å². The van der Waals surface area contributed by atoms with Gasteiger partial charge in [-0.05, 0) is 48.2 Å². The Morgan fingerprint density at radius 2 is 1.56 bits per heavy atom. The van der Waals surface area contributed by atoms with Crippen LogP contribution in [-0.2, 0) is 12.8 Å². The summed E-state index contributed by atoms with van der Waals surface area (Å²) in [6, 6.07) is 14.9. The number of rotatable bonds is 4. The number of aliphatic hydroxyl groups excluding tert-OH is 1. The van der Waals surface area contributed by atoms with Gasteiger partial charge in [-0.3, -0.25) is 0 Å². The maximum absolute atomic E-state index is 10.0. The molecule has 2 nitrogen and oxygen atoms in total. The second-order valence-electron chi connectivity index (χ2n) is 4.36. The molecule has 0 fully saturated rings. The van der Waals surface area contributed by atoms with E-state index < -0.39 is 6.10 Å². The average molecular weight is 307 g/mol. The summed E-state index contributed by atoms with van der Waals surface area (Å²) >= 11 is 3.41. The van der Waals surface area contributed by atoms with Crippen LogP contribution in [0.2, 0.25) is 0 Å². The van der Waals surface area contributed by atoms with Crippen LogP contribution in [0.1, 0.15) is 11.1 Å². The van der Waals surface area contributed by atoms with Crippen molar-refractivity contribution < 1.29 is 10.2 Å². The number of hydrogen-bond acceptors (Lipinski definition) is 2. The zero-order valence-corrected chi connectivity index (χ0v) is 11.5. The lowest BCUT2D eigenvalue weighted by Gasteiger charge is -2.11. The van der Waals surface area contributed by atoms with Crippen LogP contribution in [0.4, 0.5) is 0 Å². The summed E-state index contributed by atoms with van der Waals surface area (Å²) in [6.45, 7) is 0. The van der Waals surface area contributed by atoms with Gasteiger partial charge < -0.3 is 10.2 Å². The highest BCUT2D eigenvalue weighted by molar-refractivity contribution is 9.10. The topological polar surface area (TPSA) is 40.5 Å². The van der Waals surface area contributed by atoms with E-state index in [9.17, 15) is 10.2 Å². The fourth-order valence-corrected chi connectivity index (χ4v) is 2.41. The van der Waals surface area contributed by atoms with Crippen LogP contribution < -0.4 is 0 Å². The largest absolute Gasteiger partial charge is 0.508 e. The van der Waals surface area contributed by atoms with Gasteiger partial charge >= 0.3 is 0 Å². The zero-order valence-electron chi connectivity index (χ0n) is 9.88. The Hall–Kier alpha value is -1.32. The van der Waals surface area contributed by atoms with Crippen molar-refractivity contribution >= 4 is 15.9 Å². The van der Waals surface area contributed by atoms with E-state index in [0.717, 1.165) is 15.6 Å². The van der Waals surface area contributed by atoms with E-state index in [1.807, 2.05) is 30.3 Å². The van der Waals surface area contributed by atoms with Gasteiger partial charge in [0.1, 0.15) is 5.75 Å². The quantitative estimate of drug-likeness (QED) is 0.910. The van der Waals surface area contributed by atoms with Crippen LogP contribution in [0.25, 0.3) is 0 Å². The molecule has 18 heavy (non-hydrogen) atoms. The molecular weight excluding hydrogens is 292 g/mol. The summed E-state index contributed by atoms with van der Waals surface area (Å²) in [6.07, 6.45) is 0.705. The first-order chi connectivity index (χ1) is 8.63. The molecule has 0 aliphatic heterocycles. The molecule has 2 N–H and O–H groups in total. The number of aromatic hydroxyl groups is 1. The number of benzene rings is 2. The molecule has 1 unspecified atom stereocenters. The smallest absolute Gasteiger partial charge is 0.115 e. The first-order valence-electron chi connectivity index (χ1n) is 5.84. The molecule has 0 spiro atoms. The predicted molar refractivity (Wildman–Crippen MR) is 75.7 cm³/mol. The van der Waals surface area contributed by atoms with Gasteiger partial charge in [0.05, 0.1) is 6.10 Å². The van der Waals surface area contributed by atoms with E-state index in [2.05, 4.69) is 15.9 Å². The van der Waals surface area contributed by atoms with Gasteiger partial charge in [-0.1, -0.05) is 40.2 Å². The summed E-state index contributed by atoms with van der Waals surface area (Å²) in [5.41, 5.74) is 2.04. The van der Waals surface area contributed by atoms with Gasteiger partial charge in [0.25, 0.3) is 0 Å². The van der Waals surface area contributed by atoms with Crippen molar-refractivity contribution in [3.63, 3.8) is 0 Å². The van der Waals surface area contributed by atoms with Crippen molar-refractivity contribution in [2.75, 3.05) is 0 Å². The molecule has 0 bridgehead atoms. The van der Waals surface area contributed by atoms with Crippen molar-refractivity contribution in [1.82, 2.24) is 0 Å². The van der Waals surface area contributed by atoms with E-state index in [0.29, 0.717) is 12.8 Å². The highest BCUT2D eigenvalue weighted by atomic mass is 79.9. The predicted octanol–water partition coefficient (Wildman–Crippen LogP) is 3.30. The molecule has 0 saturated carbocycles. The molecule has 2 aromatic carbocycles. The summed E-state index contributed by atoms with van der Waals surface area (Å²) in [5, 5.41) is 19.4. The Labute approximate surface area is 115 Å². The molecule has 0 saturated heterocycles. The van der Waals surface area contributed by atoms with E-state index in [4.69, 9.17) is 0 Å². The van der Waals surface area contributed by atoms with E-state index in [1.165, 1.54) is 0 Å². The molecule has 2 aromatic rings. The van der Waals surface area contributed by atoms with Crippen LogP contribution >= 0.6 is 15.9 Å². The van der Waals surface area contributed by atoms with Gasteiger partial charge in [-0.25, -0.2) is 0 Å². The third kappa shape index (κ3) is 3.86. The third-order valence-electron chi connectivity index (χ3n) is 2.74. The Morgan fingerprint density at radius 3 is 2.17 bits per heavy atom.